The van der Waals surface area contributed by atoms with E-state index in [0.29, 0.717) is 17.7 Å². The van der Waals surface area contributed by atoms with Gasteiger partial charge in [-0.25, -0.2) is 26.7 Å². The molecule has 1 atom stereocenters. The second-order valence-electron chi connectivity index (χ2n) is 8.93. The average molecular weight is 546 g/mol. The number of amides is 3. The molecule has 0 saturated carbocycles. The summed E-state index contributed by atoms with van der Waals surface area (Å²) in [5.74, 6) is -6.04. The highest BCUT2D eigenvalue weighted by molar-refractivity contribution is 5.99. The molecule has 0 fully saturated rings. The average Bonchev–Trinajstić information content (AvgIpc) is 2.88. The van der Waals surface area contributed by atoms with Crippen LogP contribution >= 0.6 is 0 Å². The normalized spacial score (nSPS) is 14.7. The van der Waals surface area contributed by atoms with Crippen LogP contribution in [0.4, 0.5) is 32.4 Å². The standard InChI is InChI=1S/C28H24F5N3O3/c1-4-7-39-18-11-24(32)21(25(33)12-18)14-36-26-8-16(5-6-19(26)15(2)35(3)28(36)38)27(37)34-13-20-22(30)9-17(29)10-23(20)31/h4-6,8-12,15H,1,7,13-14H2,2-3H3,(H,34,37)/t15-/m0/s1. The molecule has 1 heterocycles. The zero-order chi connectivity index (χ0) is 28.4. The molecular weight excluding hydrogens is 521 g/mol. The highest BCUT2D eigenvalue weighted by atomic mass is 19.2. The molecule has 0 radical (unpaired) electrons. The lowest BCUT2D eigenvalue weighted by Gasteiger charge is -2.39. The van der Waals surface area contributed by atoms with Crippen LogP contribution in [0.3, 0.4) is 0 Å². The number of fused-ring (bicyclic) bond motifs is 1. The third-order valence-electron chi connectivity index (χ3n) is 6.48. The molecule has 3 aromatic rings. The minimum atomic E-state index is -1.16. The van der Waals surface area contributed by atoms with Crippen LogP contribution in [0.25, 0.3) is 0 Å². The number of urea groups is 1. The maximum atomic E-state index is 14.9. The Bertz CT molecular complexity index is 1420. The van der Waals surface area contributed by atoms with Crippen LogP contribution in [0.1, 0.15) is 40.0 Å². The minimum Gasteiger partial charge on any atom is -0.489 e. The first-order valence-electron chi connectivity index (χ1n) is 11.8. The van der Waals surface area contributed by atoms with Crippen molar-refractivity contribution in [1.29, 1.82) is 0 Å². The fourth-order valence-corrected chi connectivity index (χ4v) is 4.23. The summed E-state index contributed by atoms with van der Waals surface area (Å²) in [6, 6.07) is 6.42. The summed E-state index contributed by atoms with van der Waals surface area (Å²) in [6.07, 6.45) is 1.42. The Balaban J connectivity index is 1.64. The van der Waals surface area contributed by atoms with Crippen LogP contribution in [-0.2, 0) is 13.1 Å². The van der Waals surface area contributed by atoms with E-state index in [9.17, 15) is 31.5 Å². The molecule has 1 aliphatic rings. The van der Waals surface area contributed by atoms with Crippen molar-refractivity contribution in [2.24, 2.45) is 0 Å². The van der Waals surface area contributed by atoms with Crippen molar-refractivity contribution in [2.75, 3.05) is 18.6 Å². The van der Waals surface area contributed by atoms with Gasteiger partial charge in [0.2, 0.25) is 0 Å². The van der Waals surface area contributed by atoms with Crippen LogP contribution in [0.15, 0.2) is 55.1 Å². The fourth-order valence-electron chi connectivity index (χ4n) is 4.23. The van der Waals surface area contributed by atoms with Gasteiger partial charge in [-0.05, 0) is 24.6 Å². The summed E-state index contributed by atoms with van der Waals surface area (Å²) >= 11 is 0. The number of anilines is 1. The van der Waals surface area contributed by atoms with Crippen LogP contribution in [0.2, 0.25) is 0 Å². The molecule has 0 aliphatic carbocycles. The Labute approximate surface area is 221 Å². The largest absolute Gasteiger partial charge is 0.489 e. The number of carbonyl (C=O) groups excluding carboxylic acids is 2. The van der Waals surface area contributed by atoms with E-state index in [4.69, 9.17) is 4.74 Å². The van der Waals surface area contributed by atoms with Crippen molar-refractivity contribution in [3.8, 4) is 5.75 Å². The van der Waals surface area contributed by atoms with Gasteiger partial charge in [0.25, 0.3) is 5.91 Å². The quantitative estimate of drug-likeness (QED) is 0.279. The maximum absolute atomic E-state index is 14.9. The molecule has 4 rings (SSSR count). The molecule has 1 aliphatic heterocycles. The van der Waals surface area contributed by atoms with Crippen molar-refractivity contribution in [3.05, 3.63) is 106 Å². The summed E-state index contributed by atoms with van der Waals surface area (Å²) in [5, 5.41) is 2.36. The lowest BCUT2D eigenvalue weighted by molar-refractivity contribution is 0.0950. The third kappa shape index (κ3) is 5.57. The number of rotatable bonds is 8. The Kier molecular flexibility index (Phi) is 7.89. The molecule has 204 valence electrons. The van der Waals surface area contributed by atoms with Crippen LogP contribution in [0.5, 0.6) is 5.75 Å². The molecule has 0 saturated heterocycles. The van der Waals surface area contributed by atoms with Crippen LogP contribution in [-0.4, -0.2) is 30.5 Å². The van der Waals surface area contributed by atoms with Gasteiger partial charge in [-0.15, -0.1) is 0 Å². The van der Waals surface area contributed by atoms with Crippen molar-refractivity contribution < 1.29 is 36.3 Å². The Morgan fingerprint density at radius 3 is 2.23 bits per heavy atom. The minimum absolute atomic E-state index is 0.0281. The third-order valence-corrected chi connectivity index (χ3v) is 6.48. The molecule has 0 unspecified atom stereocenters. The summed E-state index contributed by atoms with van der Waals surface area (Å²) in [7, 11) is 1.54. The molecule has 6 nitrogen and oxygen atoms in total. The van der Waals surface area contributed by atoms with Crippen molar-refractivity contribution in [1.82, 2.24) is 10.2 Å². The lowest BCUT2D eigenvalue weighted by Crippen LogP contribution is -2.47. The zero-order valence-corrected chi connectivity index (χ0v) is 21.0. The molecule has 3 aromatic carbocycles. The van der Waals surface area contributed by atoms with Crippen molar-refractivity contribution in [3.63, 3.8) is 0 Å². The number of ether oxygens (including phenoxy) is 1. The number of hydrogen-bond acceptors (Lipinski definition) is 3. The van der Waals surface area contributed by atoms with E-state index in [0.717, 1.165) is 17.0 Å². The number of halogens is 5. The molecule has 11 heteroatoms. The van der Waals surface area contributed by atoms with Crippen LogP contribution in [0, 0.1) is 29.1 Å². The molecule has 1 N–H and O–H groups in total. The van der Waals surface area contributed by atoms with Gasteiger partial charge in [0, 0.05) is 54.5 Å². The smallest absolute Gasteiger partial charge is 0.325 e. The predicted octanol–water partition coefficient (Wildman–Crippen LogP) is 6.01. The number of hydrogen-bond donors (Lipinski definition) is 1. The maximum Gasteiger partial charge on any atom is 0.325 e. The van der Waals surface area contributed by atoms with Gasteiger partial charge >= 0.3 is 6.03 Å². The van der Waals surface area contributed by atoms with Gasteiger partial charge in [0.05, 0.1) is 18.3 Å². The Morgan fingerprint density at radius 2 is 1.62 bits per heavy atom. The van der Waals surface area contributed by atoms with E-state index in [1.807, 2.05) is 0 Å². The van der Waals surface area contributed by atoms with Gasteiger partial charge < -0.3 is 15.0 Å². The molecule has 0 aromatic heterocycles. The zero-order valence-electron chi connectivity index (χ0n) is 21.0. The van der Waals surface area contributed by atoms with Crippen molar-refractivity contribution >= 4 is 17.6 Å². The van der Waals surface area contributed by atoms with E-state index in [2.05, 4.69) is 11.9 Å². The first-order valence-corrected chi connectivity index (χ1v) is 11.8. The van der Waals surface area contributed by atoms with Gasteiger partial charge in [-0.3, -0.25) is 9.69 Å². The van der Waals surface area contributed by atoms with Crippen LogP contribution < -0.4 is 15.0 Å². The Hall–Kier alpha value is -4.41. The molecule has 0 spiro atoms. The summed E-state index contributed by atoms with van der Waals surface area (Å²) in [5.41, 5.74) is -0.0406. The number of nitrogens with one attached hydrogen (secondary N) is 1. The molecular formula is C28H24F5N3O3. The van der Waals surface area contributed by atoms with Gasteiger partial charge in [0.15, 0.2) is 0 Å². The van der Waals surface area contributed by atoms with E-state index in [-0.39, 0.29) is 29.2 Å². The lowest BCUT2D eigenvalue weighted by atomic mass is 9.98. The monoisotopic (exact) mass is 545 g/mol. The topological polar surface area (TPSA) is 61.9 Å². The van der Waals surface area contributed by atoms with Gasteiger partial charge in [-0.2, -0.15) is 0 Å². The number of benzene rings is 3. The molecule has 3 amide bonds. The van der Waals surface area contributed by atoms with E-state index >= 15 is 0 Å². The second-order valence-corrected chi connectivity index (χ2v) is 8.93. The summed E-state index contributed by atoms with van der Waals surface area (Å²) in [4.78, 5) is 28.5. The van der Waals surface area contributed by atoms with E-state index < -0.39 is 65.7 Å². The summed E-state index contributed by atoms with van der Waals surface area (Å²) in [6.45, 7) is 4.23. The van der Waals surface area contributed by atoms with E-state index in [1.165, 1.54) is 30.2 Å². The number of carbonyl (C=O) groups is 2. The highest BCUT2D eigenvalue weighted by Gasteiger charge is 2.34. The first kappa shape index (κ1) is 27.6. The summed E-state index contributed by atoms with van der Waals surface area (Å²) < 4.78 is 76.1. The second kappa shape index (κ2) is 11.1. The van der Waals surface area contributed by atoms with E-state index in [1.54, 1.807) is 13.0 Å². The number of nitrogens with zero attached hydrogens (tertiary/aromatic N) is 2. The first-order chi connectivity index (χ1) is 18.5. The van der Waals surface area contributed by atoms with Gasteiger partial charge in [-0.1, -0.05) is 18.7 Å². The fraction of sp³-hybridized carbons (Fsp3) is 0.214. The SMILES string of the molecule is C=CCOc1cc(F)c(CN2C(=O)N(C)[C@@H](C)c3ccc(C(=O)NCc4c(F)cc(F)cc4F)cc32)c(F)c1. The highest BCUT2D eigenvalue weighted by Crippen LogP contribution is 2.38. The molecule has 39 heavy (non-hydrogen) atoms. The predicted molar refractivity (Wildman–Crippen MR) is 134 cm³/mol. The molecule has 0 bridgehead atoms. The van der Waals surface area contributed by atoms with Gasteiger partial charge in [0.1, 0.15) is 41.4 Å². The Morgan fingerprint density at radius 1 is 1.00 bits per heavy atom. The van der Waals surface area contributed by atoms with Crippen molar-refractivity contribution in [2.45, 2.75) is 26.1 Å².